The summed E-state index contributed by atoms with van der Waals surface area (Å²) >= 11 is 0. The number of ether oxygens (including phenoxy) is 2. The van der Waals surface area contributed by atoms with Crippen molar-refractivity contribution in [1.82, 2.24) is 0 Å². The van der Waals surface area contributed by atoms with Crippen molar-refractivity contribution in [2.45, 2.75) is 0 Å². The summed E-state index contributed by atoms with van der Waals surface area (Å²) in [5.74, 6) is 0. The van der Waals surface area contributed by atoms with Crippen LogP contribution in [0.25, 0.3) is 0 Å². The van der Waals surface area contributed by atoms with Crippen LogP contribution in [0, 0.1) is 0 Å². The zero-order valence-electron chi connectivity index (χ0n) is 7.48. The van der Waals surface area contributed by atoms with Crippen LogP contribution in [0.15, 0.2) is 59.4 Å². The molecule has 0 radical (unpaired) electrons. The summed E-state index contributed by atoms with van der Waals surface area (Å²) in [6, 6.07) is 0. The van der Waals surface area contributed by atoms with Gasteiger partial charge >= 0.3 is 0 Å². The lowest BCUT2D eigenvalue weighted by molar-refractivity contribution is 0.403. The van der Waals surface area contributed by atoms with E-state index in [9.17, 15) is 0 Å². The number of nitrogens with zero attached hydrogens (tertiary/aromatic N) is 2. The Hall–Kier alpha value is -2.10. The lowest BCUT2D eigenvalue weighted by atomic mass is 10.6. The maximum absolute atomic E-state index is 4.71. The molecule has 0 aromatic rings. The molecule has 0 spiro atoms. The Labute approximate surface area is 82.3 Å². The van der Waals surface area contributed by atoms with Gasteiger partial charge in [-0.15, -0.1) is 0 Å². The van der Waals surface area contributed by atoms with Crippen molar-refractivity contribution in [3.05, 3.63) is 49.4 Å². The molecule has 2 heterocycles. The molecular weight excluding hydrogens is 180 g/mol. The topological polar surface area (TPSA) is 43.2 Å². The molecule has 0 N–H and O–H groups in total. The van der Waals surface area contributed by atoms with E-state index in [1.54, 1.807) is 49.4 Å². The third kappa shape index (κ3) is 5.54. The summed E-state index contributed by atoms with van der Waals surface area (Å²) in [4.78, 5) is 7.43. The molecule has 2 aliphatic rings. The van der Waals surface area contributed by atoms with Crippen LogP contribution in [0.1, 0.15) is 0 Å². The van der Waals surface area contributed by atoms with Gasteiger partial charge in [0.25, 0.3) is 0 Å². The molecule has 0 atom stereocenters. The predicted octanol–water partition coefficient (Wildman–Crippen LogP) is 2.14. The number of hydrogen-bond donors (Lipinski definition) is 0. The highest BCUT2D eigenvalue weighted by molar-refractivity contribution is 5.71. The van der Waals surface area contributed by atoms with Crippen LogP contribution in [0.5, 0.6) is 0 Å². The fourth-order valence-electron chi connectivity index (χ4n) is 0.591. The van der Waals surface area contributed by atoms with Gasteiger partial charge < -0.3 is 9.47 Å². The van der Waals surface area contributed by atoms with Crippen molar-refractivity contribution in [3.63, 3.8) is 0 Å². The minimum atomic E-state index is 1.38. The Morgan fingerprint density at radius 1 is 0.714 bits per heavy atom. The normalized spacial score (nSPS) is 16.0. The van der Waals surface area contributed by atoms with Crippen molar-refractivity contribution in [2.24, 2.45) is 9.98 Å². The second-order valence-corrected chi connectivity index (χ2v) is 2.11. The summed E-state index contributed by atoms with van der Waals surface area (Å²) in [7, 11) is 0. The van der Waals surface area contributed by atoms with E-state index in [2.05, 4.69) is 14.7 Å². The standard InChI is InChI=1S/2C5H5NO/c1-2-6-3-5-7-4-1;1-2-4-7-5-6-3-1/h2*1-5H. The zero-order chi connectivity index (χ0) is 9.90. The fraction of sp³-hybridized carbons (Fsp3) is 0. The van der Waals surface area contributed by atoms with Crippen LogP contribution in [0.2, 0.25) is 0 Å². The summed E-state index contributed by atoms with van der Waals surface area (Å²) in [6.45, 7) is 0. The third-order valence-corrected chi connectivity index (χ3v) is 1.12. The van der Waals surface area contributed by atoms with Crippen LogP contribution >= 0.6 is 0 Å². The molecule has 14 heavy (non-hydrogen) atoms. The van der Waals surface area contributed by atoms with E-state index in [1.807, 2.05) is 0 Å². The van der Waals surface area contributed by atoms with Crippen molar-refractivity contribution < 1.29 is 9.47 Å². The average molecular weight is 190 g/mol. The van der Waals surface area contributed by atoms with Gasteiger partial charge in [-0.1, -0.05) is 0 Å². The number of aliphatic imine (C=N–C) groups is 2. The summed E-state index contributed by atoms with van der Waals surface area (Å²) in [5, 5.41) is 0. The molecule has 4 nitrogen and oxygen atoms in total. The van der Waals surface area contributed by atoms with E-state index < -0.39 is 0 Å². The van der Waals surface area contributed by atoms with Crippen LogP contribution < -0.4 is 0 Å². The first kappa shape index (κ1) is 9.98. The highest BCUT2D eigenvalue weighted by Gasteiger charge is 1.70. The first-order valence-electron chi connectivity index (χ1n) is 3.98. The third-order valence-electron chi connectivity index (χ3n) is 1.12. The Morgan fingerprint density at radius 2 is 1.64 bits per heavy atom. The molecule has 0 aromatic heterocycles. The largest absolute Gasteiger partial charge is 0.471 e. The highest BCUT2D eigenvalue weighted by atomic mass is 16.5. The molecule has 0 bridgehead atoms. The van der Waals surface area contributed by atoms with Gasteiger partial charge in [0.15, 0.2) is 6.40 Å². The lowest BCUT2D eigenvalue weighted by Gasteiger charge is -1.78. The molecule has 0 aliphatic carbocycles. The van der Waals surface area contributed by atoms with E-state index in [1.165, 1.54) is 12.7 Å². The summed E-state index contributed by atoms with van der Waals surface area (Å²) in [6.07, 6.45) is 16.2. The van der Waals surface area contributed by atoms with Crippen molar-refractivity contribution in [3.8, 4) is 0 Å². The molecular formula is C10H10N2O2. The van der Waals surface area contributed by atoms with Crippen molar-refractivity contribution in [1.29, 1.82) is 0 Å². The molecule has 2 aliphatic heterocycles. The Morgan fingerprint density at radius 3 is 2.64 bits per heavy atom. The predicted molar refractivity (Wildman–Crippen MR) is 55.7 cm³/mol. The second-order valence-electron chi connectivity index (χ2n) is 2.11. The monoisotopic (exact) mass is 190 g/mol. The van der Waals surface area contributed by atoms with Gasteiger partial charge in [-0.05, 0) is 18.2 Å². The van der Waals surface area contributed by atoms with Crippen molar-refractivity contribution >= 4 is 12.6 Å². The van der Waals surface area contributed by atoms with Crippen LogP contribution in [0.3, 0.4) is 0 Å². The van der Waals surface area contributed by atoms with E-state index in [0.717, 1.165) is 0 Å². The first-order chi connectivity index (χ1) is 7.00. The molecule has 0 amide bonds. The smallest absolute Gasteiger partial charge is 0.180 e. The molecule has 2 rings (SSSR count). The van der Waals surface area contributed by atoms with Gasteiger partial charge in [-0.2, -0.15) is 0 Å². The number of hydrogen-bond acceptors (Lipinski definition) is 4. The summed E-state index contributed by atoms with van der Waals surface area (Å²) in [5.41, 5.74) is 0. The fourth-order valence-corrected chi connectivity index (χ4v) is 0.591. The van der Waals surface area contributed by atoms with E-state index in [0.29, 0.717) is 0 Å². The first-order valence-corrected chi connectivity index (χ1v) is 3.98. The summed E-state index contributed by atoms with van der Waals surface area (Å²) < 4.78 is 9.37. The van der Waals surface area contributed by atoms with E-state index >= 15 is 0 Å². The molecule has 0 fully saturated rings. The minimum absolute atomic E-state index is 1.38. The highest BCUT2D eigenvalue weighted by Crippen LogP contribution is 1.84. The Balaban J connectivity index is 0.000000140. The molecule has 0 saturated heterocycles. The number of allylic oxidation sites excluding steroid dienone is 3. The average Bonchev–Trinajstić information content (AvgIpc) is 2.68. The Bertz CT molecular complexity index is 252. The quantitative estimate of drug-likeness (QED) is 0.587. The van der Waals surface area contributed by atoms with Gasteiger partial charge in [0.2, 0.25) is 0 Å². The molecule has 0 unspecified atom stereocenters. The van der Waals surface area contributed by atoms with Crippen molar-refractivity contribution in [2.75, 3.05) is 0 Å². The van der Waals surface area contributed by atoms with Gasteiger partial charge in [0.05, 0.1) is 18.7 Å². The Kier molecular flexibility index (Phi) is 5.38. The van der Waals surface area contributed by atoms with E-state index in [4.69, 9.17) is 4.74 Å². The molecule has 72 valence electrons. The van der Waals surface area contributed by atoms with Gasteiger partial charge in [0, 0.05) is 12.4 Å². The van der Waals surface area contributed by atoms with Gasteiger partial charge in [0.1, 0.15) is 6.26 Å². The maximum atomic E-state index is 4.71. The molecule has 0 aromatic carbocycles. The van der Waals surface area contributed by atoms with Crippen LogP contribution in [-0.4, -0.2) is 12.6 Å². The van der Waals surface area contributed by atoms with Gasteiger partial charge in [-0.25, -0.2) is 4.99 Å². The van der Waals surface area contributed by atoms with Crippen LogP contribution in [0.4, 0.5) is 0 Å². The zero-order valence-corrected chi connectivity index (χ0v) is 7.48. The molecule has 4 heteroatoms. The second kappa shape index (κ2) is 7.54. The molecule has 0 saturated carbocycles. The van der Waals surface area contributed by atoms with Gasteiger partial charge in [-0.3, -0.25) is 4.99 Å². The lowest BCUT2D eigenvalue weighted by Crippen LogP contribution is -1.68. The SMILES string of the molecule is C1=CN=COC=C1.C1=COC=CN=C1. The van der Waals surface area contributed by atoms with E-state index in [-0.39, 0.29) is 0 Å². The minimum Gasteiger partial charge on any atom is -0.471 e. The maximum Gasteiger partial charge on any atom is 0.180 e. The number of rotatable bonds is 0. The van der Waals surface area contributed by atoms with Crippen LogP contribution in [-0.2, 0) is 9.47 Å².